The number of nitrogens with zero attached hydrogens (tertiary/aromatic N) is 5. The number of nitrogens with two attached hydrogens (primary N) is 2. The molecule has 0 aliphatic heterocycles. The van der Waals surface area contributed by atoms with Gasteiger partial charge in [-0.3, -0.25) is 9.78 Å². The van der Waals surface area contributed by atoms with E-state index >= 15 is 0 Å². The van der Waals surface area contributed by atoms with Gasteiger partial charge in [-0.25, -0.2) is 0 Å². The Morgan fingerprint density at radius 2 is 1.84 bits per heavy atom. The van der Waals surface area contributed by atoms with Gasteiger partial charge in [0.25, 0.3) is 0 Å². The van der Waals surface area contributed by atoms with Crippen LogP contribution in [0.3, 0.4) is 0 Å². The summed E-state index contributed by atoms with van der Waals surface area (Å²) in [5, 5.41) is 11.2. The third kappa shape index (κ3) is 4.47. The number of nitrogen functional groups attached to an aromatic ring is 1. The van der Waals surface area contributed by atoms with Gasteiger partial charge in [-0.15, -0.1) is 0 Å². The minimum absolute atomic E-state index is 0.0983. The number of carboxylic acid groups (broad SMARTS) is 1. The van der Waals surface area contributed by atoms with Crippen LogP contribution >= 0.6 is 0 Å². The van der Waals surface area contributed by atoms with E-state index in [-0.39, 0.29) is 12.4 Å². The molecule has 4 rings (SSSR count). The van der Waals surface area contributed by atoms with Crippen LogP contribution in [-0.4, -0.2) is 43.6 Å². The fourth-order valence-electron chi connectivity index (χ4n) is 3.40. The molecule has 0 radical (unpaired) electrons. The van der Waals surface area contributed by atoms with Crippen LogP contribution in [0.5, 0.6) is 0 Å². The van der Waals surface area contributed by atoms with Crippen molar-refractivity contribution in [1.29, 1.82) is 0 Å². The normalized spacial score (nSPS) is 11.9. The van der Waals surface area contributed by atoms with E-state index in [1.54, 1.807) is 18.3 Å². The summed E-state index contributed by atoms with van der Waals surface area (Å²) in [6.07, 6.45) is 1.71. The Labute approximate surface area is 184 Å². The lowest BCUT2D eigenvalue weighted by atomic mass is 10.1. The zero-order valence-electron chi connectivity index (χ0n) is 17.5. The highest BCUT2D eigenvalue weighted by molar-refractivity contribution is 5.86. The number of carbonyl (C=O) groups is 1. The van der Waals surface area contributed by atoms with Crippen LogP contribution in [0, 0.1) is 0 Å². The Kier molecular flexibility index (Phi) is 5.91. The summed E-state index contributed by atoms with van der Waals surface area (Å²) in [4.78, 5) is 30.4. The van der Waals surface area contributed by atoms with E-state index in [1.807, 2.05) is 30.0 Å². The fourth-order valence-corrected chi connectivity index (χ4v) is 3.40. The number of hydrogen-bond acceptors (Lipinski definition) is 8. The largest absolute Gasteiger partial charge is 0.480 e. The Bertz CT molecular complexity index is 1260. The zero-order valence-corrected chi connectivity index (χ0v) is 17.5. The highest BCUT2D eigenvalue weighted by atomic mass is 16.4. The van der Waals surface area contributed by atoms with Crippen molar-refractivity contribution in [3.63, 3.8) is 0 Å². The van der Waals surface area contributed by atoms with Crippen molar-refractivity contribution in [3.05, 3.63) is 66.5 Å². The van der Waals surface area contributed by atoms with Gasteiger partial charge >= 0.3 is 5.97 Å². The minimum atomic E-state index is -1.07. The predicted octanol–water partition coefficient (Wildman–Crippen LogP) is 2.78. The topological polar surface area (TPSA) is 144 Å². The molecule has 0 spiro atoms. The summed E-state index contributed by atoms with van der Waals surface area (Å²) in [6.45, 7) is 2.64. The number of hydrogen-bond donors (Lipinski definition) is 3. The molecule has 1 atom stereocenters. The number of benzene rings is 2. The maximum Gasteiger partial charge on any atom is 0.320 e. The Balaban J connectivity index is 1.66. The van der Waals surface area contributed by atoms with E-state index in [1.165, 1.54) is 0 Å². The highest BCUT2D eigenvalue weighted by Crippen LogP contribution is 2.28. The van der Waals surface area contributed by atoms with Crippen molar-refractivity contribution >= 4 is 34.3 Å². The molecule has 0 aliphatic carbocycles. The Morgan fingerprint density at radius 3 is 2.53 bits per heavy atom. The second-order valence-corrected chi connectivity index (χ2v) is 7.28. The molecule has 2 aromatic heterocycles. The molecule has 0 amide bonds. The molecule has 4 aromatic rings. The van der Waals surface area contributed by atoms with Crippen LogP contribution in [0.2, 0.25) is 0 Å². The van der Waals surface area contributed by atoms with Crippen LogP contribution in [0.4, 0.5) is 17.6 Å². The third-order valence-electron chi connectivity index (χ3n) is 5.07. The van der Waals surface area contributed by atoms with Crippen LogP contribution in [-0.2, 0) is 11.2 Å². The molecule has 0 aliphatic rings. The van der Waals surface area contributed by atoms with E-state index in [2.05, 4.69) is 44.2 Å². The lowest BCUT2D eigenvalue weighted by molar-refractivity contribution is -0.138. The van der Waals surface area contributed by atoms with Gasteiger partial charge in [-0.2, -0.15) is 15.0 Å². The van der Waals surface area contributed by atoms with Crippen LogP contribution in [0.15, 0.2) is 60.8 Å². The number of anilines is 3. The number of aromatic nitrogens is 4. The summed E-state index contributed by atoms with van der Waals surface area (Å²) < 4.78 is 0. The van der Waals surface area contributed by atoms with E-state index < -0.39 is 12.0 Å². The molecular weight excluding hydrogens is 406 g/mol. The fraction of sp³-hybridized carbons (Fsp3) is 0.174. The van der Waals surface area contributed by atoms with E-state index in [4.69, 9.17) is 16.6 Å². The first-order valence-electron chi connectivity index (χ1n) is 10.2. The monoisotopic (exact) mass is 429 g/mol. The molecule has 32 heavy (non-hydrogen) atoms. The first-order valence-corrected chi connectivity index (χ1v) is 10.2. The lowest BCUT2D eigenvalue weighted by Gasteiger charge is -2.22. The number of pyridine rings is 1. The highest BCUT2D eigenvalue weighted by Gasteiger charge is 2.16. The summed E-state index contributed by atoms with van der Waals surface area (Å²) in [5.41, 5.74) is 13.7. The molecule has 0 unspecified atom stereocenters. The SMILES string of the molecule is CCN(c1ccc2ccccc2c1)c1nc(N)nc(-c2ccc(C[C@H](N)C(=O)O)nc2)n1. The molecule has 9 heteroatoms. The van der Waals surface area contributed by atoms with Crippen molar-refractivity contribution in [2.45, 2.75) is 19.4 Å². The van der Waals surface area contributed by atoms with Crippen LogP contribution in [0.1, 0.15) is 12.6 Å². The molecule has 2 heterocycles. The summed E-state index contributed by atoms with van der Waals surface area (Å²) in [7, 11) is 0. The maximum absolute atomic E-state index is 11.0. The van der Waals surface area contributed by atoms with Gasteiger partial charge in [0.1, 0.15) is 6.04 Å². The van der Waals surface area contributed by atoms with Crippen molar-refractivity contribution in [2.75, 3.05) is 17.2 Å². The maximum atomic E-state index is 11.0. The minimum Gasteiger partial charge on any atom is -0.480 e. The standard InChI is InChI=1S/C23H23N7O2/c1-2-30(18-10-8-14-5-3-4-6-15(14)11-18)23-28-20(27-22(25)29-23)16-7-9-17(26-13-16)12-19(24)21(31)32/h3-11,13,19H,2,12,24H2,1H3,(H,31,32)(H2,25,27,28,29)/t19-/m0/s1. The van der Waals surface area contributed by atoms with Crippen molar-refractivity contribution in [1.82, 2.24) is 19.9 Å². The summed E-state index contributed by atoms with van der Waals surface area (Å²) in [6, 6.07) is 16.8. The van der Waals surface area contributed by atoms with Gasteiger partial charge in [-0.1, -0.05) is 30.3 Å². The number of carboxylic acids is 1. The first-order chi connectivity index (χ1) is 15.4. The van der Waals surface area contributed by atoms with Crippen LogP contribution in [0.25, 0.3) is 22.2 Å². The quantitative estimate of drug-likeness (QED) is 0.404. The third-order valence-corrected chi connectivity index (χ3v) is 5.07. The molecule has 5 N–H and O–H groups in total. The average molecular weight is 429 g/mol. The van der Waals surface area contributed by atoms with E-state index in [0.29, 0.717) is 29.6 Å². The second-order valence-electron chi connectivity index (χ2n) is 7.28. The first kappa shape index (κ1) is 21.1. The number of fused-ring (bicyclic) bond motifs is 1. The molecule has 0 fully saturated rings. The zero-order chi connectivity index (χ0) is 22.7. The summed E-state index contributed by atoms with van der Waals surface area (Å²) in [5.74, 6) is -0.157. The number of rotatable bonds is 7. The molecule has 0 bridgehead atoms. The van der Waals surface area contributed by atoms with Gasteiger partial charge in [0, 0.05) is 36.1 Å². The van der Waals surface area contributed by atoms with E-state index in [0.717, 1.165) is 16.5 Å². The van der Waals surface area contributed by atoms with Gasteiger partial charge in [0.05, 0.1) is 0 Å². The predicted molar refractivity (Wildman–Crippen MR) is 123 cm³/mol. The van der Waals surface area contributed by atoms with Gasteiger partial charge < -0.3 is 21.5 Å². The Hall–Kier alpha value is -4.11. The molecular formula is C23H23N7O2. The van der Waals surface area contributed by atoms with E-state index in [9.17, 15) is 4.79 Å². The lowest BCUT2D eigenvalue weighted by Crippen LogP contribution is -2.32. The second kappa shape index (κ2) is 8.94. The molecule has 162 valence electrons. The Morgan fingerprint density at radius 1 is 1.06 bits per heavy atom. The van der Waals surface area contributed by atoms with Gasteiger partial charge in [-0.05, 0) is 42.0 Å². The van der Waals surface area contributed by atoms with Crippen molar-refractivity contribution < 1.29 is 9.90 Å². The average Bonchev–Trinajstić information content (AvgIpc) is 2.79. The van der Waals surface area contributed by atoms with Crippen molar-refractivity contribution in [2.24, 2.45) is 5.73 Å². The molecule has 0 saturated carbocycles. The molecule has 9 nitrogen and oxygen atoms in total. The molecule has 0 saturated heterocycles. The van der Waals surface area contributed by atoms with Crippen molar-refractivity contribution in [3.8, 4) is 11.4 Å². The smallest absolute Gasteiger partial charge is 0.320 e. The van der Waals surface area contributed by atoms with Crippen LogP contribution < -0.4 is 16.4 Å². The number of aliphatic carboxylic acids is 1. The van der Waals surface area contributed by atoms with Gasteiger partial charge in [0.2, 0.25) is 11.9 Å². The van der Waals surface area contributed by atoms with Gasteiger partial charge in [0.15, 0.2) is 5.82 Å². The molecule has 2 aromatic carbocycles. The summed E-state index contributed by atoms with van der Waals surface area (Å²) >= 11 is 0.